The van der Waals surface area contributed by atoms with Crippen molar-refractivity contribution in [3.63, 3.8) is 0 Å². The first-order valence-electron chi connectivity index (χ1n) is 7.66. The van der Waals surface area contributed by atoms with Crippen molar-refractivity contribution in [3.8, 4) is 0 Å². The van der Waals surface area contributed by atoms with Crippen LogP contribution in [0.15, 0.2) is 6.20 Å². The van der Waals surface area contributed by atoms with E-state index in [1.165, 1.54) is 24.1 Å². The molecule has 1 saturated carbocycles. The van der Waals surface area contributed by atoms with Crippen LogP contribution in [-0.4, -0.2) is 23.6 Å². The van der Waals surface area contributed by atoms with Crippen LogP contribution in [0.3, 0.4) is 0 Å². The van der Waals surface area contributed by atoms with Crippen LogP contribution in [0, 0.1) is 5.41 Å². The fraction of sp³-hybridized carbons (Fsp3) is 0.750. The molecular formula is C16H25N3O. The molecular weight excluding hydrogens is 250 g/mol. The molecule has 1 fully saturated rings. The lowest BCUT2D eigenvalue weighted by atomic mass is 9.70. The second-order valence-electron chi connectivity index (χ2n) is 6.95. The number of hydrogen-bond donors (Lipinski definition) is 1. The predicted octanol–water partition coefficient (Wildman–Crippen LogP) is 2.56. The Labute approximate surface area is 121 Å². The van der Waals surface area contributed by atoms with Crippen molar-refractivity contribution in [1.82, 2.24) is 15.3 Å². The summed E-state index contributed by atoms with van der Waals surface area (Å²) in [4.78, 5) is 9.48. The van der Waals surface area contributed by atoms with E-state index < -0.39 is 0 Å². The molecule has 0 radical (unpaired) electrons. The van der Waals surface area contributed by atoms with Gasteiger partial charge in [-0.15, -0.1) is 0 Å². The number of hydrogen-bond acceptors (Lipinski definition) is 4. The van der Waals surface area contributed by atoms with E-state index in [9.17, 15) is 0 Å². The molecule has 1 aliphatic carbocycles. The van der Waals surface area contributed by atoms with Crippen LogP contribution < -0.4 is 5.32 Å². The number of nitrogens with zero attached hydrogens (tertiary/aromatic N) is 2. The van der Waals surface area contributed by atoms with Gasteiger partial charge in [-0.05, 0) is 31.1 Å². The zero-order valence-electron chi connectivity index (χ0n) is 12.8. The molecule has 1 aliphatic heterocycles. The molecule has 0 unspecified atom stereocenters. The number of aromatic nitrogens is 2. The van der Waals surface area contributed by atoms with Gasteiger partial charge in [-0.2, -0.15) is 0 Å². The molecule has 110 valence electrons. The van der Waals surface area contributed by atoms with Gasteiger partial charge in [-0.1, -0.05) is 13.8 Å². The van der Waals surface area contributed by atoms with Gasteiger partial charge in [0.25, 0.3) is 0 Å². The van der Waals surface area contributed by atoms with Crippen LogP contribution in [0.4, 0.5) is 0 Å². The second-order valence-corrected chi connectivity index (χ2v) is 6.95. The average Bonchev–Trinajstić information content (AvgIpc) is 2.47. The van der Waals surface area contributed by atoms with E-state index in [0.29, 0.717) is 5.41 Å². The predicted molar refractivity (Wildman–Crippen MR) is 78.4 cm³/mol. The Morgan fingerprint density at radius 2 is 1.95 bits per heavy atom. The fourth-order valence-corrected chi connectivity index (χ4v) is 3.31. The third-order valence-electron chi connectivity index (χ3n) is 5.02. The van der Waals surface area contributed by atoms with Crippen LogP contribution in [0.1, 0.15) is 56.6 Å². The zero-order chi connectivity index (χ0) is 14.2. The molecule has 20 heavy (non-hydrogen) atoms. The molecule has 3 rings (SSSR count). The lowest BCUT2D eigenvalue weighted by Gasteiger charge is -2.41. The summed E-state index contributed by atoms with van der Waals surface area (Å²) in [7, 11) is 1.81. The number of methoxy groups -OCH3 is 1. The summed E-state index contributed by atoms with van der Waals surface area (Å²) < 4.78 is 5.91. The Bertz CT molecular complexity index is 488. The van der Waals surface area contributed by atoms with Crippen molar-refractivity contribution in [2.24, 2.45) is 5.41 Å². The van der Waals surface area contributed by atoms with Crippen molar-refractivity contribution in [2.45, 2.75) is 58.1 Å². The standard InChI is InChI=1S/C16H25N3O/c1-15(2)5-7-16(20-3,8-6-15)14-18-11-12-10-17-9-4-13(12)19-14/h11,17H,4-10H2,1-3H3. The Hall–Kier alpha value is -1.00. The van der Waals surface area contributed by atoms with Crippen molar-refractivity contribution < 1.29 is 4.74 Å². The van der Waals surface area contributed by atoms with E-state index in [-0.39, 0.29) is 5.60 Å². The summed E-state index contributed by atoms with van der Waals surface area (Å²) in [5.74, 6) is 0.899. The lowest BCUT2D eigenvalue weighted by molar-refractivity contribution is -0.0731. The second kappa shape index (κ2) is 5.08. The van der Waals surface area contributed by atoms with Crippen molar-refractivity contribution in [1.29, 1.82) is 0 Å². The van der Waals surface area contributed by atoms with Crippen LogP contribution >= 0.6 is 0 Å². The van der Waals surface area contributed by atoms with Gasteiger partial charge >= 0.3 is 0 Å². The minimum Gasteiger partial charge on any atom is -0.370 e. The van der Waals surface area contributed by atoms with Gasteiger partial charge in [0.15, 0.2) is 5.82 Å². The Morgan fingerprint density at radius 1 is 1.20 bits per heavy atom. The molecule has 0 spiro atoms. The SMILES string of the molecule is COC1(c2ncc3c(n2)CCNC3)CCC(C)(C)CC1. The molecule has 0 aromatic carbocycles. The number of fused-ring (bicyclic) bond motifs is 1. The average molecular weight is 275 g/mol. The minimum atomic E-state index is -0.268. The van der Waals surface area contributed by atoms with Crippen LogP contribution in [-0.2, 0) is 23.3 Å². The molecule has 1 aromatic rings. The summed E-state index contributed by atoms with van der Waals surface area (Å²) in [5, 5.41) is 3.36. The van der Waals surface area contributed by atoms with E-state index in [2.05, 4.69) is 24.1 Å². The first kappa shape index (κ1) is 14.0. The van der Waals surface area contributed by atoms with Crippen molar-refractivity contribution in [3.05, 3.63) is 23.3 Å². The quantitative estimate of drug-likeness (QED) is 0.901. The summed E-state index contributed by atoms with van der Waals surface area (Å²) in [5.41, 5.74) is 2.59. The van der Waals surface area contributed by atoms with Gasteiger partial charge in [0.1, 0.15) is 5.60 Å². The molecule has 1 N–H and O–H groups in total. The van der Waals surface area contributed by atoms with Crippen molar-refractivity contribution >= 4 is 0 Å². The van der Waals surface area contributed by atoms with E-state index in [1.807, 2.05) is 13.3 Å². The van der Waals surface area contributed by atoms with E-state index in [4.69, 9.17) is 9.72 Å². The number of rotatable bonds is 2. The first-order valence-corrected chi connectivity index (χ1v) is 7.66. The third-order valence-corrected chi connectivity index (χ3v) is 5.02. The van der Waals surface area contributed by atoms with Gasteiger partial charge in [-0.25, -0.2) is 9.97 Å². The maximum Gasteiger partial charge on any atom is 0.160 e. The molecule has 0 saturated heterocycles. The monoisotopic (exact) mass is 275 g/mol. The van der Waals surface area contributed by atoms with Gasteiger partial charge in [0.05, 0.1) is 0 Å². The van der Waals surface area contributed by atoms with E-state index in [0.717, 1.165) is 38.2 Å². The summed E-state index contributed by atoms with van der Waals surface area (Å²) >= 11 is 0. The Balaban J connectivity index is 1.90. The Kier molecular flexibility index (Phi) is 3.55. The molecule has 0 bridgehead atoms. The van der Waals surface area contributed by atoms with Gasteiger partial charge in [0, 0.05) is 44.1 Å². The lowest BCUT2D eigenvalue weighted by Crippen LogP contribution is -2.38. The molecule has 0 amide bonds. The highest BCUT2D eigenvalue weighted by molar-refractivity contribution is 5.22. The van der Waals surface area contributed by atoms with Crippen LogP contribution in [0.5, 0.6) is 0 Å². The molecule has 4 nitrogen and oxygen atoms in total. The third kappa shape index (κ3) is 2.47. The highest BCUT2D eigenvalue weighted by atomic mass is 16.5. The maximum atomic E-state index is 5.91. The van der Waals surface area contributed by atoms with Crippen molar-refractivity contribution in [2.75, 3.05) is 13.7 Å². The molecule has 4 heteroatoms. The Morgan fingerprint density at radius 3 is 2.65 bits per heavy atom. The molecule has 1 aromatic heterocycles. The van der Waals surface area contributed by atoms with E-state index in [1.54, 1.807) is 0 Å². The highest BCUT2D eigenvalue weighted by Gasteiger charge is 2.42. The fourth-order valence-electron chi connectivity index (χ4n) is 3.31. The zero-order valence-corrected chi connectivity index (χ0v) is 12.8. The van der Waals surface area contributed by atoms with Gasteiger partial charge < -0.3 is 10.1 Å². The molecule has 2 heterocycles. The van der Waals surface area contributed by atoms with Crippen LogP contribution in [0.2, 0.25) is 0 Å². The highest BCUT2D eigenvalue weighted by Crippen LogP contribution is 2.46. The molecule has 2 aliphatic rings. The minimum absolute atomic E-state index is 0.268. The number of nitrogens with one attached hydrogen (secondary N) is 1. The van der Waals surface area contributed by atoms with E-state index >= 15 is 0 Å². The number of ether oxygens (including phenoxy) is 1. The summed E-state index contributed by atoms with van der Waals surface area (Å²) in [6.45, 7) is 6.58. The van der Waals surface area contributed by atoms with Crippen LogP contribution in [0.25, 0.3) is 0 Å². The maximum absolute atomic E-state index is 5.91. The summed E-state index contributed by atoms with van der Waals surface area (Å²) in [6, 6.07) is 0. The summed E-state index contributed by atoms with van der Waals surface area (Å²) in [6.07, 6.45) is 7.37. The largest absolute Gasteiger partial charge is 0.370 e. The van der Waals surface area contributed by atoms with Gasteiger partial charge in [-0.3, -0.25) is 0 Å². The molecule has 0 atom stereocenters. The smallest absolute Gasteiger partial charge is 0.160 e. The normalized spacial score (nSPS) is 24.1. The van der Waals surface area contributed by atoms with Gasteiger partial charge in [0.2, 0.25) is 0 Å². The first-order chi connectivity index (χ1) is 9.55. The topological polar surface area (TPSA) is 47.0 Å².